The van der Waals surface area contributed by atoms with E-state index in [2.05, 4.69) is 0 Å². The van der Waals surface area contributed by atoms with Crippen molar-refractivity contribution in [3.63, 3.8) is 0 Å². The molecule has 1 saturated heterocycles. The number of halogens is 1. The summed E-state index contributed by atoms with van der Waals surface area (Å²) in [7, 11) is 0. The summed E-state index contributed by atoms with van der Waals surface area (Å²) in [5.74, 6) is -2.07. The molecule has 1 aromatic carbocycles. The number of likely N-dealkylation sites (tertiary alicyclic amines) is 1. The van der Waals surface area contributed by atoms with Gasteiger partial charge >= 0.3 is 5.97 Å². The van der Waals surface area contributed by atoms with E-state index >= 15 is 0 Å². The second kappa shape index (κ2) is 6.05. The van der Waals surface area contributed by atoms with Crippen molar-refractivity contribution >= 4 is 29.4 Å². The van der Waals surface area contributed by atoms with Crippen molar-refractivity contribution in [3.8, 4) is 0 Å². The predicted molar refractivity (Wildman–Crippen MR) is 72.4 cm³/mol. The number of carbonyl (C=O) groups is 3. The molecule has 1 N–H and O–H groups in total. The zero-order chi connectivity index (χ0) is 14.7. The number of hydrogen-bond acceptors (Lipinski definition) is 3. The van der Waals surface area contributed by atoms with Gasteiger partial charge in [-0.25, -0.2) is 0 Å². The molecular weight excluding hydrogens is 282 g/mol. The first-order valence-electron chi connectivity index (χ1n) is 6.30. The van der Waals surface area contributed by atoms with Gasteiger partial charge < -0.3 is 5.11 Å². The van der Waals surface area contributed by atoms with Crippen LogP contribution in [0.2, 0.25) is 5.02 Å². The molecule has 0 spiro atoms. The predicted octanol–water partition coefficient (Wildman–Crippen LogP) is 2.05. The third kappa shape index (κ3) is 3.17. The Kier molecular flexibility index (Phi) is 4.39. The number of rotatable bonds is 4. The number of carboxylic acids is 1. The van der Waals surface area contributed by atoms with Crippen LogP contribution in [0, 0.1) is 0 Å². The van der Waals surface area contributed by atoms with Gasteiger partial charge in [0.1, 0.15) is 0 Å². The third-order valence-electron chi connectivity index (χ3n) is 3.33. The lowest BCUT2D eigenvalue weighted by Gasteiger charge is -2.30. The second-order valence-corrected chi connectivity index (χ2v) is 5.11. The van der Waals surface area contributed by atoms with E-state index in [4.69, 9.17) is 16.7 Å². The van der Waals surface area contributed by atoms with Crippen molar-refractivity contribution in [2.45, 2.75) is 25.2 Å². The van der Waals surface area contributed by atoms with Crippen molar-refractivity contribution in [2.75, 3.05) is 6.54 Å². The molecular formula is C14H14ClNO4. The monoisotopic (exact) mass is 295 g/mol. The standard InChI is InChI=1S/C14H14ClNO4/c15-10-3-1-9(2-4-10)11-5-6-12(17)16(14(11)20)8-7-13(18)19/h1-4,11H,5-8H2,(H,18,19). The first-order chi connectivity index (χ1) is 9.49. The van der Waals surface area contributed by atoms with Crippen LogP contribution in [-0.2, 0) is 14.4 Å². The van der Waals surface area contributed by atoms with Crippen LogP contribution in [-0.4, -0.2) is 34.3 Å². The second-order valence-electron chi connectivity index (χ2n) is 4.67. The number of aliphatic carboxylic acids is 1. The summed E-state index contributed by atoms with van der Waals surface area (Å²) in [6.45, 7) is -0.0723. The summed E-state index contributed by atoms with van der Waals surface area (Å²) < 4.78 is 0. The van der Waals surface area contributed by atoms with Crippen LogP contribution in [0.25, 0.3) is 0 Å². The molecule has 6 heteroatoms. The Labute approximate surface area is 121 Å². The van der Waals surface area contributed by atoms with Crippen LogP contribution < -0.4 is 0 Å². The first kappa shape index (κ1) is 14.5. The zero-order valence-corrected chi connectivity index (χ0v) is 11.5. The van der Waals surface area contributed by atoms with E-state index in [1.165, 1.54) is 0 Å². The van der Waals surface area contributed by atoms with Gasteiger partial charge in [-0.2, -0.15) is 0 Å². The minimum atomic E-state index is -1.03. The number of hydrogen-bond donors (Lipinski definition) is 1. The lowest BCUT2D eigenvalue weighted by atomic mass is 9.89. The minimum absolute atomic E-state index is 0.0723. The van der Waals surface area contributed by atoms with Gasteiger partial charge in [0.15, 0.2) is 0 Å². The van der Waals surface area contributed by atoms with Gasteiger partial charge in [0, 0.05) is 18.0 Å². The summed E-state index contributed by atoms with van der Waals surface area (Å²) in [6.07, 6.45) is 0.465. The fourth-order valence-electron chi connectivity index (χ4n) is 2.28. The maximum atomic E-state index is 12.3. The molecule has 1 aromatic rings. The van der Waals surface area contributed by atoms with Crippen molar-refractivity contribution in [3.05, 3.63) is 34.9 Å². The highest BCUT2D eigenvalue weighted by Crippen LogP contribution is 2.29. The molecule has 1 aliphatic heterocycles. The number of benzene rings is 1. The molecule has 0 radical (unpaired) electrons. The summed E-state index contributed by atoms with van der Waals surface area (Å²) in [5, 5.41) is 9.25. The molecule has 2 rings (SSSR count). The van der Waals surface area contributed by atoms with Gasteiger partial charge in [0.2, 0.25) is 11.8 Å². The van der Waals surface area contributed by atoms with Crippen LogP contribution in [0.5, 0.6) is 0 Å². The molecule has 1 atom stereocenters. The average molecular weight is 296 g/mol. The highest BCUT2D eigenvalue weighted by molar-refractivity contribution is 6.30. The molecule has 5 nitrogen and oxygen atoms in total. The van der Waals surface area contributed by atoms with Crippen LogP contribution in [0.4, 0.5) is 0 Å². The van der Waals surface area contributed by atoms with E-state index in [0.29, 0.717) is 11.4 Å². The maximum absolute atomic E-state index is 12.3. The number of piperidine rings is 1. The molecule has 0 aliphatic carbocycles. The molecule has 0 saturated carbocycles. The maximum Gasteiger partial charge on any atom is 0.305 e. The Morgan fingerprint density at radius 1 is 1.30 bits per heavy atom. The Hall–Kier alpha value is -1.88. The number of nitrogens with zero attached hydrogens (tertiary/aromatic N) is 1. The summed E-state index contributed by atoms with van der Waals surface area (Å²) in [4.78, 5) is 35.7. The van der Waals surface area contributed by atoms with E-state index in [1.807, 2.05) is 0 Å². The van der Waals surface area contributed by atoms with Crippen LogP contribution >= 0.6 is 11.6 Å². The lowest BCUT2D eigenvalue weighted by molar-refractivity contribution is -0.150. The summed E-state index contributed by atoms with van der Waals surface area (Å²) in [6, 6.07) is 6.91. The topological polar surface area (TPSA) is 74.7 Å². The van der Waals surface area contributed by atoms with Crippen molar-refractivity contribution < 1.29 is 19.5 Å². The number of carboxylic acid groups (broad SMARTS) is 1. The van der Waals surface area contributed by atoms with Gasteiger partial charge in [-0.3, -0.25) is 19.3 Å². The fraction of sp³-hybridized carbons (Fsp3) is 0.357. The molecule has 2 amide bonds. The van der Waals surface area contributed by atoms with Gasteiger partial charge in [-0.05, 0) is 24.1 Å². The Bertz CT molecular complexity index is 541. The Morgan fingerprint density at radius 3 is 2.55 bits per heavy atom. The van der Waals surface area contributed by atoms with Gasteiger partial charge in [0.05, 0.1) is 12.3 Å². The lowest BCUT2D eigenvalue weighted by Crippen LogP contribution is -2.45. The highest BCUT2D eigenvalue weighted by atomic mass is 35.5. The van der Waals surface area contributed by atoms with Gasteiger partial charge in [-0.1, -0.05) is 23.7 Å². The summed E-state index contributed by atoms with van der Waals surface area (Å²) >= 11 is 5.81. The number of imide groups is 1. The molecule has 1 heterocycles. The third-order valence-corrected chi connectivity index (χ3v) is 3.59. The van der Waals surface area contributed by atoms with E-state index in [-0.39, 0.29) is 31.2 Å². The quantitative estimate of drug-likeness (QED) is 0.863. The van der Waals surface area contributed by atoms with Crippen molar-refractivity contribution in [1.82, 2.24) is 4.90 Å². The van der Waals surface area contributed by atoms with Crippen LogP contribution in [0.1, 0.15) is 30.7 Å². The van der Waals surface area contributed by atoms with Gasteiger partial charge in [0.25, 0.3) is 0 Å². The highest BCUT2D eigenvalue weighted by Gasteiger charge is 2.35. The number of carbonyl (C=O) groups excluding carboxylic acids is 2. The van der Waals surface area contributed by atoms with Crippen LogP contribution in [0.3, 0.4) is 0 Å². The summed E-state index contributed by atoms with van der Waals surface area (Å²) in [5.41, 5.74) is 0.798. The fourth-order valence-corrected chi connectivity index (χ4v) is 2.41. The molecule has 1 aliphatic rings. The Morgan fingerprint density at radius 2 is 1.95 bits per heavy atom. The molecule has 1 unspecified atom stereocenters. The van der Waals surface area contributed by atoms with E-state index < -0.39 is 11.9 Å². The van der Waals surface area contributed by atoms with Crippen molar-refractivity contribution in [2.24, 2.45) is 0 Å². The molecule has 0 bridgehead atoms. The molecule has 0 aromatic heterocycles. The van der Waals surface area contributed by atoms with Crippen LogP contribution in [0.15, 0.2) is 24.3 Å². The molecule has 106 valence electrons. The normalized spacial score (nSPS) is 19.2. The SMILES string of the molecule is O=C(O)CCN1C(=O)CCC(c2ccc(Cl)cc2)C1=O. The van der Waals surface area contributed by atoms with Crippen molar-refractivity contribution in [1.29, 1.82) is 0 Å². The smallest absolute Gasteiger partial charge is 0.305 e. The van der Waals surface area contributed by atoms with E-state index in [0.717, 1.165) is 10.5 Å². The molecule has 20 heavy (non-hydrogen) atoms. The molecule has 1 fully saturated rings. The average Bonchev–Trinajstić information content (AvgIpc) is 2.40. The van der Waals surface area contributed by atoms with E-state index in [9.17, 15) is 14.4 Å². The number of amides is 2. The first-order valence-corrected chi connectivity index (χ1v) is 6.68. The largest absolute Gasteiger partial charge is 0.481 e. The zero-order valence-electron chi connectivity index (χ0n) is 10.7. The van der Waals surface area contributed by atoms with E-state index in [1.54, 1.807) is 24.3 Å². The minimum Gasteiger partial charge on any atom is -0.481 e. The van der Waals surface area contributed by atoms with Gasteiger partial charge in [-0.15, -0.1) is 0 Å². The Balaban J connectivity index is 2.15.